The lowest BCUT2D eigenvalue weighted by Gasteiger charge is -2.13. The van der Waals surface area contributed by atoms with E-state index in [1.807, 2.05) is 43.3 Å². The molecule has 0 atom stereocenters. The van der Waals surface area contributed by atoms with Gasteiger partial charge in [-0.3, -0.25) is 10.1 Å². The highest BCUT2D eigenvalue weighted by Gasteiger charge is 2.16. The summed E-state index contributed by atoms with van der Waals surface area (Å²) in [7, 11) is 3.88. The second kappa shape index (κ2) is 9.60. The van der Waals surface area contributed by atoms with Gasteiger partial charge in [0.05, 0.1) is 10.6 Å². The van der Waals surface area contributed by atoms with Crippen LogP contribution in [0.15, 0.2) is 42.5 Å². The Hall–Kier alpha value is -3.27. The summed E-state index contributed by atoms with van der Waals surface area (Å²) in [5.41, 5.74) is 1.32. The molecule has 0 fully saturated rings. The molecular formula is C18H20F2N4O4. The summed E-state index contributed by atoms with van der Waals surface area (Å²) < 4.78 is 29.3. The lowest BCUT2D eigenvalue weighted by Crippen LogP contribution is -2.28. The number of hydrogen-bond acceptors (Lipinski definition) is 5. The maximum Gasteiger partial charge on any atom is 0.387 e. The van der Waals surface area contributed by atoms with Crippen molar-refractivity contribution in [2.45, 2.75) is 19.7 Å². The maximum absolute atomic E-state index is 12.5. The Balaban J connectivity index is 2.06. The van der Waals surface area contributed by atoms with E-state index in [2.05, 4.69) is 15.4 Å². The van der Waals surface area contributed by atoms with Gasteiger partial charge in [-0.15, -0.1) is 0 Å². The highest BCUT2D eigenvalue weighted by atomic mass is 19.3. The number of nitrogens with one attached hydrogen (secondary N) is 2. The van der Waals surface area contributed by atoms with Crippen molar-refractivity contribution in [3.63, 3.8) is 0 Å². The molecule has 0 spiro atoms. The number of hydrogen-bond donors (Lipinski definition) is 2. The van der Waals surface area contributed by atoms with Crippen molar-refractivity contribution in [1.29, 1.82) is 0 Å². The number of amides is 2. The van der Waals surface area contributed by atoms with Crippen LogP contribution in [0.4, 0.5) is 25.0 Å². The molecule has 10 heteroatoms. The van der Waals surface area contributed by atoms with Crippen molar-refractivity contribution in [2.24, 2.45) is 0 Å². The van der Waals surface area contributed by atoms with Crippen LogP contribution >= 0.6 is 0 Å². The van der Waals surface area contributed by atoms with Gasteiger partial charge in [0, 0.05) is 25.2 Å². The standard InChI is InChI=1S/C18H20F2N4O4/c1-23(2)11-13-5-3-4-12(8-13)10-21-18(25)22-15-9-14(24(26)27)6-7-16(15)28-17(19)20/h3-9,17H,10-11H2,1-2H3,(H2,21,22,25). The smallest absolute Gasteiger partial charge is 0.387 e. The number of alkyl halides is 2. The minimum Gasteiger partial charge on any atom is -0.433 e. The molecular weight excluding hydrogens is 374 g/mol. The number of rotatable bonds is 8. The number of nitro groups is 1. The summed E-state index contributed by atoms with van der Waals surface area (Å²) in [5, 5.41) is 15.8. The Kier molecular flexibility index (Phi) is 7.21. The molecule has 0 heterocycles. The zero-order valence-corrected chi connectivity index (χ0v) is 15.3. The fraction of sp³-hybridized carbons (Fsp3) is 0.278. The molecule has 0 saturated heterocycles. The molecule has 2 amide bonds. The van der Waals surface area contributed by atoms with Gasteiger partial charge in [0.15, 0.2) is 0 Å². The predicted octanol–water partition coefficient (Wildman–Crippen LogP) is 3.58. The van der Waals surface area contributed by atoms with E-state index in [0.717, 1.165) is 35.9 Å². The molecule has 150 valence electrons. The maximum atomic E-state index is 12.5. The largest absolute Gasteiger partial charge is 0.433 e. The SMILES string of the molecule is CN(C)Cc1cccc(CNC(=O)Nc2cc([N+](=O)[O-])ccc2OC(F)F)c1. The Morgan fingerprint density at radius 2 is 1.93 bits per heavy atom. The monoisotopic (exact) mass is 394 g/mol. The molecule has 0 unspecified atom stereocenters. The average molecular weight is 394 g/mol. The van der Waals surface area contributed by atoms with Crippen molar-refractivity contribution < 1.29 is 23.2 Å². The van der Waals surface area contributed by atoms with Gasteiger partial charge in [0.2, 0.25) is 0 Å². The quantitative estimate of drug-likeness (QED) is 0.527. The van der Waals surface area contributed by atoms with E-state index in [9.17, 15) is 23.7 Å². The fourth-order valence-corrected chi connectivity index (χ4v) is 2.48. The zero-order valence-electron chi connectivity index (χ0n) is 15.3. The highest BCUT2D eigenvalue weighted by Crippen LogP contribution is 2.30. The van der Waals surface area contributed by atoms with Crippen molar-refractivity contribution in [2.75, 3.05) is 19.4 Å². The number of carbonyl (C=O) groups excluding carboxylic acids is 1. The van der Waals surface area contributed by atoms with Crippen LogP contribution in [0.3, 0.4) is 0 Å². The van der Waals surface area contributed by atoms with E-state index in [1.165, 1.54) is 0 Å². The summed E-state index contributed by atoms with van der Waals surface area (Å²) in [6.45, 7) is -2.21. The molecule has 0 aromatic heterocycles. The molecule has 2 N–H and O–H groups in total. The number of ether oxygens (including phenoxy) is 1. The molecule has 0 radical (unpaired) electrons. The topological polar surface area (TPSA) is 96.7 Å². The van der Waals surface area contributed by atoms with Crippen LogP contribution in [0.25, 0.3) is 0 Å². The molecule has 2 rings (SSSR count). The van der Waals surface area contributed by atoms with Crippen LogP contribution in [0.5, 0.6) is 5.75 Å². The van der Waals surface area contributed by atoms with Crippen molar-refractivity contribution >= 4 is 17.4 Å². The molecule has 28 heavy (non-hydrogen) atoms. The summed E-state index contributed by atoms with van der Waals surface area (Å²) in [5.74, 6) is -0.372. The first-order valence-electron chi connectivity index (χ1n) is 8.25. The second-order valence-electron chi connectivity index (χ2n) is 6.18. The zero-order chi connectivity index (χ0) is 20.7. The number of halogens is 2. The molecule has 2 aromatic carbocycles. The average Bonchev–Trinajstić information content (AvgIpc) is 2.60. The van der Waals surface area contributed by atoms with Crippen LogP contribution in [0, 0.1) is 10.1 Å². The van der Waals surface area contributed by atoms with Gasteiger partial charge < -0.3 is 20.3 Å². The summed E-state index contributed by atoms with van der Waals surface area (Å²) >= 11 is 0. The first kappa shape index (κ1) is 21.0. The molecule has 0 aliphatic rings. The second-order valence-corrected chi connectivity index (χ2v) is 6.18. The Morgan fingerprint density at radius 3 is 2.57 bits per heavy atom. The number of nitro benzene ring substituents is 1. The van der Waals surface area contributed by atoms with E-state index < -0.39 is 17.6 Å². The van der Waals surface area contributed by atoms with Crippen LogP contribution in [0.2, 0.25) is 0 Å². The number of anilines is 1. The third kappa shape index (κ3) is 6.47. The molecule has 0 saturated carbocycles. The molecule has 0 aliphatic heterocycles. The van der Waals surface area contributed by atoms with Gasteiger partial charge in [-0.2, -0.15) is 8.78 Å². The first-order valence-corrected chi connectivity index (χ1v) is 8.25. The number of benzene rings is 2. The highest BCUT2D eigenvalue weighted by molar-refractivity contribution is 5.91. The van der Waals surface area contributed by atoms with Crippen LogP contribution in [-0.4, -0.2) is 36.6 Å². The Bertz CT molecular complexity index is 846. The van der Waals surface area contributed by atoms with E-state index >= 15 is 0 Å². The van der Waals surface area contributed by atoms with Gasteiger partial charge in [-0.1, -0.05) is 24.3 Å². The van der Waals surface area contributed by atoms with Crippen molar-refractivity contribution in [3.05, 3.63) is 63.7 Å². The van der Waals surface area contributed by atoms with Gasteiger partial charge in [0.1, 0.15) is 5.75 Å². The third-order valence-corrected chi connectivity index (χ3v) is 3.58. The summed E-state index contributed by atoms with van der Waals surface area (Å²) in [4.78, 5) is 24.3. The van der Waals surface area contributed by atoms with E-state index in [0.29, 0.717) is 0 Å². The molecule has 8 nitrogen and oxygen atoms in total. The lowest BCUT2D eigenvalue weighted by molar-refractivity contribution is -0.384. The van der Waals surface area contributed by atoms with Gasteiger partial charge in [-0.25, -0.2) is 4.79 Å². The minimum absolute atomic E-state index is 0.188. The van der Waals surface area contributed by atoms with Gasteiger partial charge >= 0.3 is 12.6 Å². The van der Waals surface area contributed by atoms with Crippen molar-refractivity contribution in [1.82, 2.24) is 10.2 Å². The molecule has 2 aromatic rings. The van der Waals surface area contributed by atoms with E-state index in [4.69, 9.17) is 0 Å². The number of urea groups is 1. The minimum atomic E-state index is -3.13. The number of carbonyl (C=O) groups is 1. The number of nitrogens with zero attached hydrogens (tertiary/aromatic N) is 2. The van der Waals surface area contributed by atoms with Crippen LogP contribution < -0.4 is 15.4 Å². The first-order chi connectivity index (χ1) is 13.2. The van der Waals surface area contributed by atoms with Crippen molar-refractivity contribution in [3.8, 4) is 5.75 Å². The molecule has 0 bridgehead atoms. The lowest BCUT2D eigenvalue weighted by atomic mass is 10.1. The Labute approximate surface area is 160 Å². The van der Waals surface area contributed by atoms with E-state index in [-0.39, 0.29) is 23.7 Å². The van der Waals surface area contributed by atoms with E-state index in [1.54, 1.807) is 0 Å². The van der Waals surface area contributed by atoms with Crippen LogP contribution in [0.1, 0.15) is 11.1 Å². The van der Waals surface area contributed by atoms with Gasteiger partial charge in [-0.05, 0) is 31.3 Å². The van der Waals surface area contributed by atoms with Gasteiger partial charge in [0.25, 0.3) is 5.69 Å². The third-order valence-electron chi connectivity index (χ3n) is 3.58. The fourth-order valence-electron chi connectivity index (χ4n) is 2.48. The van der Waals surface area contributed by atoms with Crippen LogP contribution in [-0.2, 0) is 13.1 Å². The number of non-ortho nitro benzene ring substituents is 1. The summed E-state index contributed by atoms with van der Waals surface area (Å²) in [6, 6.07) is 9.84. The Morgan fingerprint density at radius 1 is 1.21 bits per heavy atom. The summed E-state index contributed by atoms with van der Waals surface area (Å²) in [6.07, 6.45) is 0. The normalized spacial score (nSPS) is 10.8. The predicted molar refractivity (Wildman–Crippen MR) is 99.4 cm³/mol. The molecule has 0 aliphatic carbocycles.